The van der Waals surface area contributed by atoms with Crippen molar-refractivity contribution in [1.29, 1.82) is 0 Å². The Balaban J connectivity index is 3.01. The second-order valence-electron chi connectivity index (χ2n) is 3.38. The van der Waals surface area contributed by atoms with Gasteiger partial charge < -0.3 is 21.3 Å². The predicted molar refractivity (Wildman–Crippen MR) is 56.7 cm³/mol. The smallest absolute Gasteiger partial charge is 0.387 e. The number of nitrogen functional groups attached to an aromatic ring is 1. The number of carbonyl (C=O) groups is 1. The van der Waals surface area contributed by atoms with Gasteiger partial charge in [0.05, 0.1) is 6.42 Å². The van der Waals surface area contributed by atoms with Crippen molar-refractivity contribution in [2.45, 2.75) is 19.1 Å². The van der Waals surface area contributed by atoms with Gasteiger partial charge in [0.15, 0.2) is 0 Å². The van der Waals surface area contributed by atoms with Gasteiger partial charge in [-0.25, -0.2) is 0 Å². The van der Waals surface area contributed by atoms with Crippen molar-refractivity contribution >= 4 is 11.7 Å². The molecule has 0 spiro atoms. The lowest BCUT2D eigenvalue weighted by atomic mass is 10.0. The molecule has 0 aromatic heterocycles. The first-order chi connectivity index (χ1) is 7.90. The SMILES string of the molecule is Nc1ccc(OC(F)F)c(C(N)CC(=O)O)c1. The summed E-state index contributed by atoms with van der Waals surface area (Å²) >= 11 is 0. The van der Waals surface area contributed by atoms with Gasteiger partial charge in [0.1, 0.15) is 5.75 Å². The molecule has 1 aromatic carbocycles. The molecule has 1 aromatic rings. The fraction of sp³-hybridized carbons (Fsp3) is 0.300. The molecule has 0 fully saturated rings. The van der Waals surface area contributed by atoms with Crippen LogP contribution in [0.25, 0.3) is 0 Å². The largest absolute Gasteiger partial charge is 0.481 e. The first-order valence-electron chi connectivity index (χ1n) is 4.71. The number of anilines is 1. The predicted octanol–water partition coefficient (Wildman–Crippen LogP) is 1.34. The molecule has 94 valence electrons. The second-order valence-corrected chi connectivity index (χ2v) is 3.38. The topological polar surface area (TPSA) is 98.6 Å². The van der Waals surface area contributed by atoms with E-state index in [1.165, 1.54) is 18.2 Å². The molecular weight excluding hydrogens is 234 g/mol. The lowest BCUT2D eigenvalue weighted by molar-refractivity contribution is -0.137. The number of rotatable bonds is 5. The van der Waals surface area contributed by atoms with Crippen LogP contribution in [0.3, 0.4) is 0 Å². The van der Waals surface area contributed by atoms with Gasteiger partial charge in [0.2, 0.25) is 0 Å². The molecule has 0 aliphatic heterocycles. The molecule has 0 amide bonds. The Morgan fingerprint density at radius 3 is 2.65 bits per heavy atom. The van der Waals surface area contributed by atoms with Crippen LogP contribution < -0.4 is 16.2 Å². The van der Waals surface area contributed by atoms with Crippen LogP contribution in [0, 0.1) is 0 Å². The van der Waals surface area contributed by atoms with Crippen LogP contribution in [0.1, 0.15) is 18.0 Å². The van der Waals surface area contributed by atoms with Crippen molar-refractivity contribution < 1.29 is 23.4 Å². The Morgan fingerprint density at radius 1 is 1.47 bits per heavy atom. The molecule has 0 radical (unpaired) electrons. The van der Waals surface area contributed by atoms with E-state index < -0.39 is 25.0 Å². The highest BCUT2D eigenvalue weighted by Crippen LogP contribution is 2.29. The third kappa shape index (κ3) is 3.87. The van der Waals surface area contributed by atoms with Crippen LogP contribution in [0.5, 0.6) is 5.75 Å². The van der Waals surface area contributed by atoms with E-state index in [0.29, 0.717) is 5.69 Å². The zero-order valence-corrected chi connectivity index (χ0v) is 8.77. The molecule has 0 saturated carbocycles. The lowest BCUT2D eigenvalue weighted by Gasteiger charge is -2.15. The van der Waals surface area contributed by atoms with E-state index in [-0.39, 0.29) is 11.3 Å². The molecule has 0 saturated heterocycles. The standard InChI is InChI=1S/C10H12F2N2O3/c11-10(12)17-8-2-1-5(13)3-6(8)7(14)4-9(15)16/h1-3,7,10H,4,13-14H2,(H,15,16). The molecule has 1 unspecified atom stereocenters. The number of aliphatic carboxylic acids is 1. The van der Waals surface area contributed by atoms with E-state index >= 15 is 0 Å². The van der Waals surface area contributed by atoms with Gasteiger partial charge in [-0.3, -0.25) is 4.79 Å². The quantitative estimate of drug-likeness (QED) is 0.681. The number of hydrogen-bond donors (Lipinski definition) is 3. The van der Waals surface area contributed by atoms with E-state index in [4.69, 9.17) is 16.6 Å². The summed E-state index contributed by atoms with van der Waals surface area (Å²) in [6, 6.07) is 2.98. The Labute approximate surface area is 96.0 Å². The maximum atomic E-state index is 12.1. The van der Waals surface area contributed by atoms with Crippen LogP contribution in [0.2, 0.25) is 0 Å². The number of nitrogens with two attached hydrogens (primary N) is 2. The van der Waals surface area contributed by atoms with Crippen molar-refractivity contribution in [2.24, 2.45) is 5.73 Å². The van der Waals surface area contributed by atoms with Crippen molar-refractivity contribution in [3.8, 4) is 5.75 Å². The Kier molecular flexibility index (Phi) is 4.22. The first kappa shape index (κ1) is 13.2. The maximum absolute atomic E-state index is 12.1. The van der Waals surface area contributed by atoms with Gasteiger partial charge in [0, 0.05) is 17.3 Å². The third-order valence-electron chi connectivity index (χ3n) is 2.04. The summed E-state index contributed by atoms with van der Waals surface area (Å²) in [5.41, 5.74) is 11.5. The number of benzene rings is 1. The highest BCUT2D eigenvalue weighted by atomic mass is 19.3. The average Bonchev–Trinajstić information content (AvgIpc) is 2.19. The van der Waals surface area contributed by atoms with Gasteiger partial charge in [-0.05, 0) is 18.2 Å². The lowest BCUT2D eigenvalue weighted by Crippen LogP contribution is -2.17. The molecule has 17 heavy (non-hydrogen) atoms. The molecule has 5 nitrogen and oxygen atoms in total. The van der Waals surface area contributed by atoms with E-state index in [2.05, 4.69) is 4.74 Å². The summed E-state index contributed by atoms with van der Waals surface area (Å²) < 4.78 is 28.5. The number of alkyl halides is 2. The van der Waals surface area contributed by atoms with Crippen LogP contribution in [0.4, 0.5) is 14.5 Å². The summed E-state index contributed by atoms with van der Waals surface area (Å²) in [4.78, 5) is 10.5. The molecule has 0 heterocycles. The highest BCUT2D eigenvalue weighted by molar-refractivity contribution is 5.68. The number of carboxylic acid groups (broad SMARTS) is 1. The van der Waals surface area contributed by atoms with E-state index in [1.54, 1.807) is 0 Å². The van der Waals surface area contributed by atoms with Gasteiger partial charge in [-0.2, -0.15) is 8.78 Å². The number of hydrogen-bond acceptors (Lipinski definition) is 4. The monoisotopic (exact) mass is 246 g/mol. The molecule has 0 aliphatic carbocycles. The Bertz CT molecular complexity index is 413. The summed E-state index contributed by atoms with van der Waals surface area (Å²) in [7, 11) is 0. The normalized spacial score (nSPS) is 12.5. The van der Waals surface area contributed by atoms with Crippen LogP contribution in [-0.2, 0) is 4.79 Å². The molecule has 1 rings (SSSR count). The summed E-state index contributed by atoms with van der Waals surface area (Å²) in [6.07, 6.45) is -0.400. The van der Waals surface area contributed by atoms with Gasteiger partial charge in [-0.15, -0.1) is 0 Å². The van der Waals surface area contributed by atoms with Crippen molar-refractivity contribution in [1.82, 2.24) is 0 Å². The summed E-state index contributed by atoms with van der Waals surface area (Å²) in [6.45, 7) is -3.01. The number of carboxylic acids is 1. The Hall–Kier alpha value is -1.89. The zero-order valence-electron chi connectivity index (χ0n) is 8.77. The third-order valence-corrected chi connectivity index (χ3v) is 2.04. The van der Waals surface area contributed by atoms with Crippen LogP contribution in [0.15, 0.2) is 18.2 Å². The van der Waals surface area contributed by atoms with E-state index in [0.717, 1.165) is 0 Å². The van der Waals surface area contributed by atoms with E-state index in [1.807, 2.05) is 0 Å². The second kappa shape index (κ2) is 5.44. The first-order valence-corrected chi connectivity index (χ1v) is 4.71. The van der Waals surface area contributed by atoms with Crippen molar-refractivity contribution in [2.75, 3.05) is 5.73 Å². The molecule has 5 N–H and O–H groups in total. The average molecular weight is 246 g/mol. The minimum Gasteiger partial charge on any atom is -0.481 e. The summed E-state index contributed by atoms with van der Waals surface area (Å²) in [5, 5.41) is 8.59. The molecule has 7 heteroatoms. The molecular formula is C10H12F2N2O3. The van der Waals surface area contributed by atoms with Gasteiger partial charge in [0.25, 0.3) is 0 Å². The Morgan fingerprint density at radius 2 is 2.12 bits per heavy atom. The zero-order chi connectivity index (χ0) is 13.0. The van der Waals surface area contributed by atoms with E-state index in [9.17, 15) is 13.6 Å². The van der Waals surface area contributed by atoms with Crippen molar-refractivity contribution in [3.05, 3.63) is 23.8 Å². The highest BCUT2D eigenvalue weighted by Gasteiger charge is 2.18. The molecule has 1 atom stereocenters. The molecule has 0 bridgehead atoms. The summed E-state index contributed by atoms with van der Waals surface area (Å²) in [5.74, 6) is -1.30. The molecule has 0 aliphatic rings. The van der Waals surface area contributed by atoms with Gasteiger partial charge in [-0.1, -0.05) is 0 Å². The minimum atomic E-state index is -3.01. The van der Waals surface area contributed by atoms with Gasteiger partial charge >= 0.3 is 12.6 Å². The number of ether oxygens (including phenoxy) is 1. The minimum absolute atomic E-state index is 0.146. The fourth-order valence-corrected chi connectivity index (χ4v) is 1.36. The maximum Gasteiger partial charge on any atom is 0.387 e. The van der Waals surface area contributed by atoms with Crippen LogP contribution in [-0.4, -0.2) is 17.7 Å². The van der Waals surface area contributed by atoms with Crippen LogP contribution >= 0.6 is 0 Å². The fourth-order valence-electron chi connectivity index (χ4n) is 1.36. The number of halogens is 2. The van der Waals surface area contributed by atoms with Crippen molar-refractivity contribution in [3.63, 3.8) is 0 Å².